The Bertz CT molecular complexity index is 829. The summed E-state index contributed by atoms with van der Waals surface area (Å²) in [6.45, 7) is 7.65. The Balaban J connectivity index is 1.19. The summed E-state index contributed by atoms with van der Waals surface area (Å²) in [7, 11) is 0. The smallest absolute Gasteiger partial charge is 0.151 e. The SMILES string of the molecule is C=Cc1ccc(N2CCC(COC3CN(c4cccc(CO)c4F)C3)CC2)cn1. The Morgan fingerprint density at radius 3 is 2.62 bits per heavy atom. The molecule has 2 aromatic rings. The van der Waals surface area contributed by atoms with E-state index in [4.69, 9.17) is 4.74 Å². The van der Waals surface area contributed by atoms with Crippen molar-refractivity contribution < 1.29 is 14.2 Å². The maximum Gasteiger partial charge on any atom is 0.151 e. The average Bonchev–Trinajstić information content (AvgIpc) is 2.74. The normalized spacial score (nSPS) is 18.0. The molecular weight excluding hydrogens is 369 g/mol. The van der Waals surface area contributed by atoms with Crippen LogP contribution in [0.25, 0.3) is 6.08 Å². The van der Waals surface area contributed by atoms with Crippen molar-refractivity contribution in [3.63, 3.8) is 0 Å². The lowest BCUT2D eigenvalue weighted by Crippen LogP contribution is -2.53. The predicted octanol–water partition coefficient (Wildman–Crippen LogP) is 3.48. The van der Waals surface area contributed by atoms with Crippen LogP contribution in [0.1, 0.15) is 24.1 Å². The Morgan fingerprint density at radius 2 is 1.97 bits per heavy atom. The van der Waals surface area contributed by atoms with E-state index in [1.165, 1.54) is 0 Å². The quantitative estimate of drug-likeness (QED) is 0.775. The molecule has 2 aliphatic rings. The molecule has 4 rings (SSSR count). The van der Waals surface area contributed by atoms with Gasteiger partial charge in [0, 0.05) is 31.7 Å². The molecule has 0 amide bonds. The number of piperidine rings is 1. The van der Waals surface area contributed by atoms with Crippen LogP contribution in [0.2, 0.25) is 0 Å². The highest BCUT2D eigenvalue weighted by Gasteiger charge is 2.31. The summed E-state index contributed by atoms with van der Waals surface area (Å²) in [4.78, 5) is 8.74. The fourth-order valence-electron chi connectivity index (χ4n) is 4.01. The topological polar surface area (TPSA) is 48.8 Å². The number of anilines is 2. The minimum Gasteiger partial charge on any atom is -0.392 e. The second-order valence-corrected chi connectivity index (χ2v) is 7.84. The van der Waals surface area contributed by atoms with Crippen molar-refractivity contribution in [1.29, 1.82) is 0 Å². The summed E-state index contributed by atoms with van der Waals surface area (Å²) in [6.07, 6.45) is 6.04. The van der Waals surface area contributed by atoms with Crippen molar-refractivity contribution in [1.82, 2.24) is 4.98 Å². The van der Waals surface area contributed by atoms with Crippen molar-refractivity contribution in [3.8, 4) is 0 Å². The van der Waals surface area contributed by atoms with Crippen LogP contribution in [0, 0.1) is 11.7 Å². The van der Waals surface area contributed by atoms with Gasteiger partial charge in [-0.05, 0) is 43.0 Å². The molecule has 0 atom stereocenters. The third kappa shape index (κ3) is 4.43. The number of hydrogen-bond acceptors (Lipinski definition) is 5. The second-order valence-electron chi connectivity index (χ2n) is 7.84. The number of pyridine rings is 1. The lowest BCUT2D eigenvalue weighted by Gasteiger charge is -2.42. The molecule has 0 aliphatic carbocycles. The van der Waals surface area contributed by atoms with Gasteiger partial charge >= 0.3 is 0 Å². The molecule has 2 saturated heterocycles. The van der Waals surface area contributed by atoms with E-state index in [1.807, 2.05) is 17.2 Å². The number of aliphatic hydroxyl groups excluding tert-OH is 1. The van der Waals surface area contributed by atoms with Crippen LogP contribution in [-0.4, -0.2) is 49.0 Å². The summed E-state index contributed by atoms with van der Waals surface area (Å²) < 4.78 is 20.4. The lowest BCUT2D eigenvalue weighted by atomic mass is 9.97. The van der Waals surface area contributed by atoms with Gasteiger partial charge in [0.15, 0.2) is 5.82 Å². The first-order valence-corrected chi connectivity index (χ1v) is 10.3. The molecule has 1 N–H and O–H groups in total. The predicted molar refractivity (Wildman–Crippen MR) is 114 cm³/mol. The Kier molecular flexibility index (Phi) is 6.11. The molecule has 2 fully saturated rings. The van der Waals surface area contributed by atoms with Gasteiger partial charge in [0.1, 0.15) is 0 Å². The van der Waals surface area contributed by atoms with Crippen LogP contribution in [-0.2, 0) is 11.3 Å². The van der Waals surface area contributed by atoms with E-state index in [0.29, 0.717) is 30.3 Å². The average molecular weight is 397 g/mol. The maximum atomic E-state index is 14.3. The molecule has 1 aromatic carbocycles. The number of aromatic nitrogens is 1. The zero-order chi connectivity index (χ0) is 20.2. The van der Waals surface area contributed by atoms with Gasteiger partial charge in [-0.3, -0.25) is 4.98 Å². The van der Waals surface area contributed by atoms with Crippen molar-refractivity contribution in [2.24, 2.45) is 5.92 Å². The monoisotopic (exact) mass is 397 g/mol. The highest BCUT2D eigenvalue weighted by molar-refractivity contribution is 5.53. The number of ether oxygens (including phenoxy) is 1. The van der Waals surface area contributed by atoms with Crippen LogP contribution in [0.3, 0.4) is 0 Å². The van der Waals surface area contributed by atoms with Crippen LogP contribution >= 0.6 is 0 Å². The molecule has 5 nitrogen and oxygen atoms in total. The fraction of sp³-hybridized carbons (Fsp3) is 0.435. The molecule has 1 aromatic heterocycles. The number of hydrogen-bond donors (Lipinski definition) is 1. The van der Waals surface area contributed by atoms with Crippen molar-refractivity contribution in [2.75, 3.05) is 42.6 Å². The van der Waals surface area contributed by atoms with Crippen LogP contribution in [0.15, 0.2) is 43.1 Å². The molecule has 154 valence electrons. The van der Waals surface area contributed by atoms with Gasteiger partial charge < -0.3 is 19.6 Å². The highest BCUT2D eigenvalue weighted by Crippen LogP contribution is 2.29. The van der Waals surface area contributed by atoms with Gasteiger partial charge in [-0.15, -0.1) is 0 Å². The molecule has 0 bridgehead atoms. The number of aliphatic hydroxyl groups is 1. The maximum absolute atomic E-state index is 14.3. The Hall–Kier alpha value is -2.44. The molecular formula is C23H28FN3O2. The molecule has 0 spiro atoms. The highest BCUT2D eigenvalue weighted by atomic mass is 19.1. The van der Waals surface area contributed by atoms with Crippen LogP contribution < -0.4 is 9.80 Å². The van der Waals surface area contributed by atoms with E-state index in [-0.39, 0.29) is 18.5 Å². The summed E-state index contributed by atoms with van der Waals surface area (Å²) in [5, 5.41) is 9.22. The van der Waals surface area contributed by atoms with Gasteiger partial charge in [0.2, 0.25) is 0 Å². The van der Waals surface area contributed by atoms with E-state index in [9.17, 15) is 9.50 Å². The molecule has 6 heteroatoms. The minimum absolute atomic E-state index is 0.154. The Labute approximate surface area is 171 Å². The van der Waals surface area contributed by atoms with Gasteiger partial charge in [0.05, 0.1) is 42.6 Å². The molecule has 2 aliphatic heterocycles. The zero-order valence-corrected chi connectivity index (χ0v) is 16.6. The number of nitrogens with zero attached hydrogens (tertiary/aromatic N) is 3. The van der Waals surface area contributed by atoms with Gasteiger partial charge in [0.25, 0.3) is 0 Å². The largest absolute Gasteiger partial charge is 0.392 e. The van der Waals surface area contributed by atoms with E-state index >= 15 is 0 Å². The number of rotatable bonds is 7. The van der Waals surface area contributed by atoms with Crippen molar-refractivity contribution >= 4 is 17.5 Å². The Morgan fingerprint density at radius 1 is 1.17 bits per heavy atom. The standard InChI is InChI=1S/C23H28FN3O2/c1-2-19-6-7-20(12-25-19)26-10-8-17(9-11-26)16-29-21-13-27(14-21)22-5-3-4-18(15-28)23(22)24/h2-7,12,17,21,28H,1,8-11,13-16H2. The number of halogens is 1. The molecule has 0 saturated carbocycles. The second kappa shape index (κ2) is 8.93. The summed E-state index contributed by atoms with van der Waals surface area (Å²) in [6, 6.07) is 9.26. The molecule has 29 heavy (non-hydrogen) atoms. The van der Waals surface area contributed by atoms with Gasteiger partial charge in [-0.1, -0.05) is 18.7 Å². The number of benzene rings is 1. The van der Waals surface area contributed by atoms with Gasteiger partial charge in [-0.2, -0.15) is 0 Å². The minimum atomic E-state index is -0.323. The van der Waals surface area contributed by atoms with Crippen LogP contribution in [0.4, 0.5) is 15.8 Å². The van der Waals surface area contributed by atoms with E-state index in [1.54, 1.807) is 24.3 Å². The first-order chi connectivity index (χ1) is 14.2. The van der Waals surface area contributed by atoms with Gasteiger partial charge in [-0.25, -0.2) is 4.39 Å². The first kappa shape index (κ1) is 19.9. The summed E-state index contributed by atoms with van der Waals surface area (Å²) in [5.41, 5.74) is 2.96. The molecule has 0 unspecified atom stereocenters. The summed E-state index contributed by atoms with van der Waals surface area (Å²) in [5.74, 6) is 0.242. The molecule has 0 radical (unpaired) electrons. The van der Waals surface area contributed by atoms with E-state index in [0.717, 1.165) is 43.9 Å². The molecule has 3 heterocycles. The van der Waals surface area contributed by atoms with Crippen molar-refractivity contribution in [2.45, 2.75) is 25.6 Å². The van der Waals surface area contributed by atoms with E-state index < -0.39 is 0 Å². The first-order valence-electron chi connectivity index (χ1n) is 10.3. The fourth-order valence-corrected chi connectivity index (χ4v) is 4.01. The third-order valence-corrected chi connectivity index (χ3v) is 5.94. The van der Waals surface area contributed by atoms with Crippen LogP contribution in [0.5, 0.6) is 0 Å². The zero-order valence-electron chi connectivity index (χ0n) is 16.6. The lowest BCUT2D eigenvalue weighted by molar-refractivity contribution is 0.00807. The van der Waals surface area contributed by atoms with E-state index in [2.05, 4.69) is 22.5 Å². The summed E-state index contributed by atoms with van der Waals surface area (Å²) >= 11 is 0. The third-order valence-electron chi connectivity index (χ3n) is 5.94. The van der Waals surface area contributed by atoms with Crippen molar-refractivity contribution in [3.05, 3.63) is 60.2 Å².